The van der Waals surface area contributed by atoms with Crippen molar-refractivity contribution in [2.24, 2.45) is 0 Å². The number of rotatable bonds is 5. The lowest BCUT2D eigenvalue weighted by atomic mass is 9.92. The largest absolute Gasteiger partial charge is 0.203 e. The number of hydrogen-bond acceptors (Lipinski definition) is 4. The molecule has 0 radical (unpaired) electrons. The minimum Gasteiger partial charge on any atom is -0.203 e. The van der Waals surface area contributed by atoms with Crippen LogP contribution in [0.25, 0.3) is 53.6 Å². The van der Waals surface area contributed by atoms with Crippen molar-refractivity contribution in [3.63, 3.8) is 0 Å². The third-order valence-corrected chi connectivity index (χ3v) is 22.9. The van der Waals surface area contributed by atoms with Gasteiger partial charge in [0.15, 0.2) is 140 Å². The van der Waals surface area contributed by atoms with Gasteiger partial charge in [0.25, 0.3) is 0 Å². The number of hydrogen-bond donors (Lipinski definition) is 0. The van der Waals surface area contributed by atoms with Crippen LogP contribution in [0.4, 0.5) is 123 Å². The molecule has 0 aliphatic rings. The van der Waals surface area contributed by atoms with Gasteiger partial charge in [-0.15, -0.1) is 45.3 Å². The lowest BCUT2D eigenvalue weighted by Crippen LogP contribution is -2.04. The second-order valence-corrected chi connectivity index (χ2v) is 29.1. The molecule has 4 heterocycles. The van der Waals surface area contributed by atoms with E-state index in [0.717, 1.165) is 47.8 Å². The topological polar surface area (TPSA) is 0 Å². The molecule has 0 nitrogen and oxygen atoms in total. The monoisotopic (exact) mass is 1970 g/mol. The molecule has 0 spiro atoms. The zero-order chi connectivity index (χ0) is 71.4. The van der Waals surface area contributed by atoms with E-state index in [1.54, 1.807) is 18.3 Å². The molecular weight excluding hydrogens is 1950 g/mol. The van der Waals surface area contributed by atoms with Gasteiger partial charge in [0, 0.05) is 54.2 Å². The van der Waals surface area contributed by atoms with Gasteiger partial charge in [-0.2, -0.15) is 0 Å². The summed E-state index contributed by atoms with van der Waals surface area (Å²) in [6.07, 6.45) is 0. The van der Waals surface area contributed by atoms with E-state index in [9.17, 15) is 114 Å². The Kier molecular flexibility index (Phi) is 26.3. The van der Waals surface area contributed by atoms with Crippen LogP contribution in [-0.4, -0.2) is 0 Å². The number of aryl methyl sites for hydroxylation is 4. The van der Waals surface area contributed by atoms with Crippen LogP contribution in [0, 0.1) is 201 Å². The summed E-state index contributed by atoms with van der Waals surface area (Å²) in [5.74, 6) is -57.8. The maximum atomic E-state index is 15.4. The highest BCUT2D eigenvalue weighted by Crippen LogP contribution is 2.50. The Bertz CT molecular complexity index is 4150. The summed E-state index contributed by atoms with van der Waals surface area (Å²) in [4.78, 5) is 0.0394. The Labute approximate surface area is 589 Å². The van der Waals surface area contributed by atoms with Crippen LogP contribution in [0.1, 0.15) is 19.5 Å². The van der Waals surface area contributed by atoms with E-state index in [-0.39, 0.29) is 21.8 Å². The van der Waals surface area contributed by atoms with E-state index < -0.39 is 215 Å². The van der Waals surface area contributed by atoms with Gasteiger partial charge in [-0.25, -0.2) is 123 Å². The first-order valence-corrected chi connectivity index (χ1v) is 32.5. The number of thiophene rings is 4. The SMILES string of the molecule is Cc1sc(-c2c(F)c(F)c(F)c(F)c2F)cc1-c1c(F)c(F)c(F)c(F)c1-c1cc(-c2c(F)c(F)c(F)c(F)c2F)sc1C.Cc1sc(-c2c(F)c(F)c(F)c(F)c2F)cc1Br.Cc1sc(Br)cc1Br.Fc1c(F)c(F)c(I)c(F)c1F.Fc1c(F)c(F)c(I)c(I)c1F. The zero-order valence-electron chi connectivity index (χ0n) is 44.8. The van der Waals surface area contributed by atoms with Crippen molar-refractivity contribution in [3.8, 4) is 53.6 Å². The molecule has 0 saturated heterocycles. The maximum absolute atomic E-state index is 15.4. The van der Waals surface area contributed by atoms with Crippen LogP contribution in [0.5, 0.6) is 0 Å². The second-order valence-electron chi connectivity index (χ2n) is 17.7. The highest BCUT2D eigenvalue weighted by atomic mass is 127. The van der Waals surface area contributed by atoms with Gasteiger partial charge in [-0.05, 0) is 179 Å². The molecule has 0 aliphatic carbocycles. The fraction of sp³-hybridized carbons (Fsp3) is 0.0714. The Hall–Kier alpha value is -4.21. The summed E-state index contributed by atoms with van der Waals surface area (Å²) < 4.78 is 380. The van der Waals surface area contributed by atoms with Gasteiger partial charge in [-0.1, -0.05) is 0 Å². The van der Waals surface area contributed by atoms with Crippen LogP contribution < -0.4 is 0 Å². The predicted molar refractivity (Wildman–Crippen MR) is 330 cm³/mol. The minimum atomic E-state index is -2.48. The van der Waals surface area contributed by atoms with Crippen molar-refractivity contribution in [3.05, 3.63) is 230 Å². The number of benzene rings is 6. The molecule has 0 bridgehead atoms. The summed E-state index contributed by atoms with van der Waals surface area (Å²) in [7, 11) is 0. The molecule has 10 rings (SSSR count). The normalized spacial score (nSPS) is 11.1. The van der Waals surface area contributed by atoms with E-state index >= 15 is 8.78 Å². The van der Waals surface area contributed by atoms with Gasteiger partial charge in [0.2, 0.25) is 23.3 Å². The Morgan fingerprint density at radius 3 is 0.628 bits per heavy atom. The third kappa shape index (κ3) is 15.3. The quantitative estimate of drug-likeness (QED) is 0.0697. The Morgan fingerprint density at radius 1 is 0.223 bits per heavy atom. The van der Waals surface area contributed by atoms with E-state index in [2.05, 4.69) is 60.8 Å². The molecular formula is C56H16Br3F28I3S4. The summed E-state index contributed by atoms with van der Waals surface area (Å²) in [6, 6.07) is 4.60. The number of halogens is 34. The maximum Gasteiger partial charge on any atom is 0.200 e. The van der Waals surface area contributed by atoms with Crippen molar-refractivity contribution in [2.45, 2.75) is 27.7 Å². The van der Waals surface area contributed by atoms with E-state index in [4.69, 9.17) is 0 Å². The molecule has 502 valence electrons. The summed E-state index contributed by atoms with van der Waals surface area (Å²) in [6.45, 7) is 5.93. The van der Waals surface area contributed by atoms with Crippen molar-refractivity contribution >= 4 is 161 Å². The van der Waals surface area contributed by atoms with Crippen molar-refractivity contribution in [1.82, 2.24) is 0 Å². The molecule has 0 fully saturated rings. The predicted octanol–water partition coefficient (Wildman–Crippen LogP) is 26.2. The smallest absolute Gasteiger partial charge is 0.200 e. The molecule has 4 aromatic heterocycles. The molecule has 94 heavy (non-hydrogen) atoms. The van der Waals surface area contributed by atoms with Crippen molar-refractivity contribution in [1.29, 1.82) is 0 Å². The van der Waals surface area contributed by atoms with Gasteiger partial charge in [0.05, 0.1) is 31.2 Å². The van der Waals surface area contributed by atoms with E-state index in [0.29, 0.717) is 44.2 Å². The zero-order valence-corrected chi connectivity index (χ0v) is 59.3. The lowest BCUT2D eigenvalue weighted by Gasteiger charge is -2.14. The average molecular weight is 1970 g/mol. The van der Waals surface area contributed by atoms with Gasteiger partial charge in [-0.3, -0.25) is 0 Å². The molecule has 38 heteroatoms. The molecule has 0 atom stereocenters. The fourth-order valence-corrected chi connectivity index (χ4v) is 15.1. The average Bonchev–Trinajstić information content (AvgIpc) is 1.53. The molecule has 0 saturated carbocycles. The van der Waals surface area contributed by atoms with E-state index in [1.165, 1.54) is 64.4 Å². The van der Waals surface area contributed by atoms with Crippen LogP contribution in [0.15, 0.2) is 37.0 Å². The molecule has 10 aromatic rings. The first kappa shape index (κ1) is 78.8. The van der Waals surface area contributed by atoms with E-state index in [1.807, 2.05) is 0 Å². The summed E-state index contributed by atoms with van der Waals surface area (Å²) >= 11 is 17.0. The molecule has 0 unspecified atom stereocenters. The first-order chi connectivity index (χ1) is 43.5. The van der Waals surface area contributed by atoms with Crippen LogP contribution in [0.3, 0.4) is 0 Å². The lowest BCUT2D eigenvalue weighted by molar-refractivity contribution is 0.373. The molecule has 6 aromatic carbocycles. The minimum absolute atomic E-state index is 0.0211. The van der Waals surface area contributed by atoms with Crippen LogP contribution >= 0.6 is 161 Å². The highest BCUT2D eigenvalue weighted by Gasteiger charge is 2.35. The van der Waals surface area contributed by atoms with Crippen LogP contribution in [0.2, 0.25) is 0 Å². The molecule has 0 N–H and O–H groups in total. The van der Waals surface area contributed by atoms with Crippen LogP contribution in [-0.2, 0) is 0 Å². The summed E-state index contributed by atoms with van der Waals surface area (Å²) in [5, 5.41) is 0. The third-order valence-electron chi connectivity index (χ3n) is 12.0. The highest BCUT2D eigenvalue weighted by molar-refractivity contribution is 14.1. The molecule has 0 amide bonds. The Balaban J connectivity index is 0.000000226. The summed E-state index contributed by atoms with van der Waals surface area (Å²) in [5.41, 5.74) is -7.36. The van der Waals surface area contributed by atoms with Crippen molar-refractivity contribution in [2.75, 3.05) is 0 Å². The fourth-order valence-electron chi connectivity index (χ4n) is 7.47. The van der Waals surface area contributed by atoms with Gasteiger partial charge >= 0.3 is 0 Å². The molecule has 0 aliphatic heterocycles. The standard InChI is InChI=1S/C28H8F14S2.C11H4BrF5S.C6F5I.C6F4I2.C5H4Br2S/c1-5-7(3-9(43-5)13-17(31)23(37)27(41)24(38)18(13)32)11-12(16(30)22(36)21(35)15(11)29)8-4-10(44-6(8)2)14-19(33)25(39)28(42)26(40)20(14)34;1-3-4(12)2-5(18-3)6-7(13)9(15)11(17)10(16)8(6)14;2*7-1-2(8)4(10)6(12)5(11)3(1)9;1-3-4(6)2-5(7)8-3/h3-4H,1-2H3;2H,1H3;;;2H,1H3. The van der Waals surface area contributed by atoms with Gasteiger partial charge < -0.3 is 0 Å². The first-order valence-electron chi connectivity index (χ1n) is 23.6. The Morgan fingerprint density at radius 2 is 0.415 bits per heavy atom. The van der Waals surface area contributed by atoms with Crippen molar-refractivity contribution < 1.29 is 123 Å². The van der Waals surface area contributed by atoms with Gasteiger partial charge in [0.1, 0.15) is 0 Å². The second kappa shape index (κ2) is 31.3.